The van der Waals surface area contributed by atoms with Crippen LogP contribution in [0.25, 0.3) is 0 Å². The largest absolute Gasteiger partial charge is 0.388 e. The van der Waals surface area contributed by atoms with E-state index in [-0.39, 0.29) is 17.4 Å². The van der Waals surface area contributed by atoms with Crippen LogP contribution in [0, 0.1) is 24.7 Å². The third-order valence-electron chi connectivity index (χ3n) is 7.28. The number of aliphatic hydroxyl groups excluding tert-OH is 1. The lowest BCUT2D eigenvalue weighted by atomic mass is 9.80. The molecule has 0 spiro atoms. The van der Waals surface area contributed by atoms with Crippen molar-refractivity contribution in [1.29, 1.82) is 0 Å². The Kier molecular flexibility index (Phi) is 5.20. The van der Waals surface area contributed by atoms with Gasteiger partial charge in [-0.2, -0.15) is 8.42 Å². The highest BCUT2D eigenvalue weighted by atomic mass is 32.2. The van der Waals surface area contributed by atoms with Crippen LogP contribution in [0.4, 0.5) is 0 Å². The Hall–Kier alpha value is -1.76. The molecule has 0 amide bonds. The summed E-state index contributed by atoms with van der Waals surface area (Å²) in [5.74, 6) is 2.00. The standard InChI is InChI=1S/C24H29NO4S/c1-15-2-8-19(9-3-15)30(27,28)29-14-22-23(20(10-11-25-22)17-6-7-17)24(26)21-13-16-4-5-18(21)12-16/h2-3,8-11,16-18,21,24,26H,4-7,12-14H2,1H3. The molecule has 0 aliphatic heterocycles. The van der Waals surface area contributed by atoms with Crippen molar-refractivity contribution in [2.45, 2.75) is 69.0 Å². The number of pyridine rings is 1. The highest BCUT2D eigenvalue weighted by Crippen LogP contribution is 2.54. The Bertz CT molecular complexity index is 1030. The summed E-state index contributed by atoms with van der Waals surface area (Å²) in [5.41, 5.74) is 3.51. The van der Waals surface area contributed by atoms with Crippen molar-refractivity contribution in [2.75, 3.05) is 0 Å². The van der Waals surface area contributed by atoms with Gasteiger partial charge in [-0.25, -0.2) is 0 Å². The van der Waals surface area contributed by atoms with Crippen molar-refractivity contribution in [3.63, 3.8) is 0 Å². The number of hydrogen-bond acceptors (Lipinski definition) is 5. The Morgan fingerprint density at radius 3 is 2.50 bits per heavy atom. The first-order valence-corrected chi connectivity index (χ1v) is 12.4. The number of fused-ring (bicyclic) bond motifs is 2. The van der Waals surface area contributed by atoms with E-state index in [1.165, 1.54) is 19.3 Å². The van der Waals surface area contributed by atoms with Crippen LogP contribution in [0.3, 0.4) is 0 Å². The SMILES string of the molecule is Cc1ccc(S(=O)(=O)OCc2nccc(C3CC3)c2C(O)C2CC3CCC2C3)cc1. The van der Waals surface area contributed by atoms with Gasteiger partial charge in [0.15, 0.2) is 0 Å². The average molecular weight is 428 g/mol. The quantitative estimate of drug-likeness (QED) is 0.651. The molecule has 1 heterocycles. The first kappa shape index (κ1) is 20.2. The zero-order chi connectivity index (χ0) is 20.9. The van der Waals surface area contributed by atoms with Crippen LogP contribution in [0.15, 0.2) is 41.4 Å². The normalized spacial score (nSPS) is 26.8. The molecule has 3 aliphatic carbocycles. The molecule has 5 nitrogen and oxygen atoms in total. The van der Waals surface area contributed by atoms with Gasteiger partial charge in [0.1, 0.15) is 6.61 Å². The molecule has 5 rings (SSSR count). The Balaban J connectivity index is 1.42. The number of nitrogens with zero attached hydrogens (tertiary/aromatic N) is 1. The van der Waals surface area contributed by atoms with E-state index in [9.17, 15) is 13.5 Å². The molecule has 3 aliphatic rings. The minimum absolute atomic E-state index is 0.140. The van der Waals surface area contributed by atoms with Gasteiger partial charge in [0, 0.05) is 11.8 Å². The Morgan fingerprint density at radius 2 is 1.87 bits per heavy atom. The van der Waals surface area contributed by atoms with Gasteiger partial charge in [-0.1, -0.05) is 24.1 Å². The lowest BCUT2D eigenvalue weighted by molar-refractivity contribution is 0.0716. The fourth-order valence-corrected chi connectivity index (χ4v) is 6.41. The maximum Gasteiger partial charge on any atom is 0.297 e. The topological polar surface area (TPSA) is 76.5 Å². The van der Waals surface area contributed by atoms with Crippen molar-refractivity contribution in [2.24, 2.45) is 17.8 Å². The number of benzene rings is 1. The first-order chi connectivity index (χ1) is 14.4. The maximum absolute atomic E-state index is 12.7. The van der Waals surface area contributed by atoms with E-state index in [1.807, 2.05) is 13.0 Å². The summed E-state index contributed by atoms with van der Waals surface area (Å²) in [6.45, 7) is 1.76. The van der Waals surface area contributed by atoms with Crippen molar-refractivity contribution < 1.29 is 17.7 Å². The molecule has 1 aromatic heterocycles. The van der Waals surface area contributed by atoms with E-state index >= 15 is 0 Å². The lowest BCUT2D eigenvalue weighted by Gasteiger charge is -2.29. The van der Waals surface area contributed by atoms with Gasteiger partial charge in [-0.15, -0.1) is 0 Å². The number of aliphatic hydroxyl groups is 1. The minimum Gasteiger partial charge on any atom is -0.388 e. The maximum atomic E-state index is 12.7. The van der Waals surface area contributed by atoms with Crippen LogP contribution < -0.4 is 0 Å². The molecule has 2 aromatic rings. The summed E-state index contributed by atoms with van der Waals surface area (Å²) in [5, 5.41) is 11.4. The van der Waals surface area contributed by atoms with E-state index in [0.29, 0.717) is 17.5 Å². The highest BCUT2D eigenvalue weighted by molar-refractivity contribution is 7.86. The molecule has 1 aromatic carbocycles. The Labute approximate surface area is 178 Å². The Morgan fingerprint density at radius 1 is 1.10 bits per heavy atom. The molecule has 4 atom stereocenters. The summed E-state index contributed by atoms with van der Waals surface area (Å²) in [7, 11) is -3.88. The smallest absolute Gasteiger partial charge is 0.297 e. The molecule has 30 heavy (non-hydrogen) atoms. The second-order valence-electron chi connectivity index (χ2n) is 9.35. The third kappa shape index (κ3) is 3.81. The fourth-order valence-electron chi connectivity index (χ4n) is 5.54. The molecule has 160 valence electrons. The summed E-state index contributed by atoms with van der Waals surface area (Å²) in [4.78, 5) is 4.61. The monoisotopic (exact) mass is 427 g/mol. The second kappa shape index (κ2) is 7.74. The van der Waals surface area contributed by atoms with Crippen LogP contribution in [-0.4, -0.2) is 18.5 Å². The van der Waals surface area contributed by atoms with Crippen molar-refractivity contribution >= 4 is 10.1 Å². The molecule has 0 saturated heterocycles. The van der Waals surface area contributed by atoms with Crippen molar-refractivity contribution in [3.8, 4) is 0 Å². The predicted molar refractivity (Wildman–Crippen MR) is 113 cm³/mol. The summed E-state index contributed by atoms with van der Waals surface area (Å²) < 4.78 is 30.8. The number of aromatic nitrogens is 1. The van der Waals surface area contributed by atoms with Crippen LogP contribution in [0.1, 0.15) is 72.9 Å². The number of aryl methyl sites for hydroxylation is 1. The van der Waals surface area contributed by atoms with Gasteiger partial charge >= 0.3 is 0 Å². The van der Waals surface area contributed by atoms with Gasteiger partial charge < -0.3 is 5.11 Å². The second-order valence-corrected chi connectivity index (χ2v) is 11.0. The van der Waals surface area contributed by atoms with E-state index < -0.39 is 16.2 Å². The van der Waals surface area contributed by atoms with Crippen LogP contribution >= 0.6 is 0 Å². The van der Waals surface area contributed by atoms with Crippen molar-refractivity contribution in [3.05, 3.63) is 58.9 Å². The van der Waals surface area contributed by atoms with Gasteiger partial charge in [-0.05, 0) is 86.5 Å². The van der Waals surface area contributed by atoms with Crippen LogP contribution in [0.5, 0.6) is 0 Å². The lowest BCUT2D eigenvalue weighted by Crippen LogP contribution is -2.22. The average Bonchev–Trinajstić information content (AvgIpc) is 3.37. The van der Waals surface area contributed by atoms with Crippen molar-refractivity contribution in [1.82, 2.24) is 4.98 Å². The molecule has 2 bridgehead atoms. The molecule has 3 fully saturated rings. The summed E-state index contributed by atoms with van der Waals surface area (Å²) in [6, 6.07) is 8.63. The predicted octanol–water partition coefficient (Wildman–Crippen LogP) is 4.64. The zero-order valence-electron chi connectivity index (χ0n) is 17.3. The molecule has 6 heteroatoms. The van der Waals surface area contributed by atoms with Crippen LogP contribution in [-0.2, 0) is 20.9 Å². The van der Waals surface area contributed by atoms with Gasteiger partial charge in [-0.3, -0.25) is 9.17 Å². The molecule has 3 saturated carbocycles. The van der Waals surface area contributed by atoms with Gasteiger partial charge in [0.25, 0.3) is 10.1 Å². The molecule has 4 unspecified atom stereocenters. The molecular weight excluding hydrogens is 398 g/mol. The molecule has 0 radical (unpaired) electrons. The van der Waals surface area contributed by atoms with Gasteiger partial charge in [0.2, 0.25) is 0 Å². The number of hydrogen-bond donors (Lipinski definition) is 1. The van der Waals surface area contributed by atoms with E-state index in [2.05, 4.69) is 4.98 Å². The third-order valence-corrected chi connectivity index (χ3v) is 8.56. The van der Waals surface area contributed by atoms with E-state index in [4.69, 9.17) is 4.18 Å². The van der Waals surface area contributed by atoms with E-state index in [1.54, 1.807) is 30.5 Å². The summed E-state index contributed by atoms with van der Waals surface area (Å²) >= 11 is 0. The first-order valence-electron chi connectivity index (χ1n) is 11.0. The molecule has 1 N–H and O–H groups in total. The van der Waals surface area contributed by atoms with Gasteiger partial charge in [0.05, 0.1) is 16.7 Å². The number of rotatable bonds is 7. The summed E-state index contributed by atoms with van der Waals surface area (Å²) in [6.07, 6.45) is 8.11. The molecular formula is C24H29NO4S. The van der Waals surface area contributed by atoms with Crippen LogP contribution in [0.2, 0.25) is 0 Å². The minimum atomic E-state index is -3.88. The highest BCUT2D eigenvalue weighted by Gasteiger charge is 2.45. The zero-order valence-corrected chi connectivity index (χ0v) is 18.1. The fraction of sp³-hybridized carbons (Fsp3) is 0.542. The van der Waals surface area contributed by atoms with E-state index in [0.717, 1.165) is 41.9 Å².